The third-order valence-corrected chi connectivity index (χ3v) is 5.47. The average molecular weight is 419 g/mol. The van der Waals surface area contributed by atoms with Crippen LogP contribution in [0, 0.1) is 0 Å². The molecule has 0 saturated carbocycles. The topological polar surface area (TPSA) is 59.6 Å². The lowest BCUT2D eigenvalue weighted by Crippen LogP contribution is -2.32. The van der Waals surface area contributed by atoms with Crippen molar-refractivity contribution >= 4 is 45.3 Å². The Morgan fingerprint density at radius 3 is 2.54 bits per heavy atom. The Labute approximate surface area is 175 Å². The van der Waals surface area contributed by atoms with Crippen LogP contribution in [0.4, 0.5) is 10.7 Å². The minimum Gasteiger partial charge on any atom is -0.456 e. The summed E-state index contributed by atoms with van der Waals surface area (Å²) in [7, 11) is 0. The van der Waals surface area contributed by atoms with Crippen LogP contribution < -0.4 is 10.6 Å². The largest absolute Gasteiger partial charge is 0.456 e. The zero-order valence-electron chi connectivity index (χ0n) is 16.8. The van der Waals surface area contributed by atoms with Crippen LogP contribution in [0.3, 0.4) is 0 Å². The number of para-hydroxylation sites is 1. The van der Waals surface area contributed by atoms with E-state index < -0.39 is 5.60 Å². The van der Waals surface area contributed by atoms with Crippen molar-refractivity contribution in [1.29, 1.82) is 0 Å². The van der Waals surface area contributed by atoms with Gasteiger partial charge in [-0.2, -0.15) is 0 Å². The molecule has 2 N–H and O–H groups in total. The molecule has 7 heteroatoms. The molecule has 0 atom stereocenters. The van der Waals surface area contributed by atoms with Crippen LogP contribution in [0.15, 0.2) is 30.3 Å². The molecule has 0 saturated heterocycles. The number of benzene rings is 1. The van der Waals surface area contributed by atoms with E-state index in [9.17, 15) is 4.79 Å². The van der Waals surface area contributed by atoms with Crippen LogP contribution in [0.1, 0.15) is 55.4 Å². The number of ether oxygens (including phenoxy) is 2. The Hall–Kier alpha value is -1.96. The minimum absolute atomic E-state index is 0.328. The SMILES string of the molecule is CC(C)(C)OC(=O)c1c(NC(=S)Nc2ccccc2)sc2c1CC(C)(C)OC2. The molecule has 0 spiro atoms. The van der Waals surface area contributed by atoms with Gasteiger partial charge >= 0.3 is 5.97 Å². The molecule has 0 bridgehead atoms. The third kappa shape index (κ3) is 5.10. The van der Waals surface area contributed by atoms with Crippen LogP contribution in [0.5, 0.6) is 0 Å². The molecule has 28 heavy (non-hydrogen) atoms. The highest BCUT2D eigenvalue weighted by molar-refractivity contribution is 7.80. The maximum atomic E-state index is 13.0. The number of fused-ring (bicyclic) bond motifs is 1. The quantitative estimate of drug-likeness (QED) is 0.517. The van der Waals surface area contributed by atoms with E-state index in [1.165, 1.54) is 11.3 Å². The van der Waals surface area contributed by atoms with Crippen molar-refractivity contribution in [2.75, 3.05) is 10.6 Å². The van der Waals surface area contributed by atoms with Crippen LogP contribution in [-0.4, -0.2) is 22.3 Å². The Morgan fingerprint density at radius 1 is 1.21 bits per heavy atom. The molecule has 5 nitrogen and oxygen atoms in total. The van der Waals surface area contributed by atoms with Gasteiger partial charge in [0.05, 0.1) is 17.8 Å². The van der Waals surface area contributed by atoms with E-state index in [-0.39, 0.29) is 11.6 Å². The highest BCUT2D eigenvalue weighted by Gasteiger charge is 2.35. The minimum atomic E-state index is -0.577. The number of hydrogen-bond acceptors (Lipinski definition) is 5. The van der Waals surface area contributed by atoms with Gasteiger partial charge in [-0.15, -0.1) is 11.3 Å². The first-order chi connectivity index (χ1) is 13.0. The van der Waals surface area contributed by atoms with Gasteiger partial charge in [0.2, 0.25) is 0 Å². The first-order valence-corrected chi connectivity index (χ1v) is 10.4. The Balaban J connectivity index is 1.90. The predicted molar refractivity (Wildman–Crippen MR) is 118 cm³/mol. The first-order valence-electron chi connectivity index (χ1n) is 9.19. The molecule has 0 unspecified atom stereocenters. The lowest BCUT2D eigenvalue weighted by atomic mass is 9.93. The first kappa shape index (κ1) is 20.8. The molecule has 1 aromatic carbocycles. The second-order valence-corrected chi connectivity index (χ2v) is 9.89. The molecular weight excluding hydrogens is 392 g/mol. The molecule has 0 aliphatic carbocycles. The summed E-state index contributed by atoms with van der Waals surface area (Å²) in [5.74, 6) is -0.340. The smallest absolute Gasteiger partial charge is 0.341 e. The van der Waals surface area contributed by atoms with Gasteiger partial charge in [-0.05, 0) is 64.5 Å². The number of thiocarbonyl (C=S) groups is 1. The second-order valence-electron chi connectivity index (χ2n) is 8.38. The van der Waals surface area contributed by atoms with Crippen LogP contribution in [0.25, 0.3) is 0 Å². The Kier molecular flexibility index (Phi) is 5.79. The van der Waals surface area contributed by atoms with Gasteiger partial charge in [0, 0.05) is 17.0 Å². The fraction of sp³-hybridized carbons (Fsp3) is 0.429. The van der Waals surface area contributed by atoms with Crippen molar-refractivity contribution in [2.45, 2.75) is 58.8 Å². The zero-order valence-corrected chi connectivity index (χ0v) is 18.5. The molecule has 1 aromatic heterocycles. The van der Waals surface area contributed by atoms with Gasteiger partial charge in [0.25, 0.3) is 0 Å². The fourth-order valence-electron chi connectivity index (χ4n) is 2.97. The number of esters is 1. The predicted octanol–water partition coefficient (Wildman–Crippen LogP) is 5.36. The molecule has 1 aliphatic rings. The zero-order chi connectivity index (χ0) is 20.5. The fourth-order valence-corrected chi connectivity index (χ4v) is 4.38. The van der Waals surface area contributed by atoms with Crippen LogP contribution in [0.2, 0.25) is 0 Å². The average Bonchev–Trinajstić information content (AvgIpc) is 2.89. The number of anilines is 2. The summed E-state index contributed by atoms with van der Waals surface area (Å²) in [6, 6.07) is 9.66. The summed E-state index contributed by atoms with van der Waals surface area (Å²) in [4.78, 5) is 14.0. The standard InChI is InChI=1S/C21H26N2O3S2/c1-20(2,3)26-18(24)16-14-11-21(4,5)25-12-15(14)28-17(16)23-19(27)22-13-9-7-6-8-10-13/h6-10H,11-12H2,1-5H3,(H2,22,23,27). The summed E-state index contributed by atoms with van der Waals surface area (Å²) < 4.78 is 11.6. The van der Waals surface area contributed by atoms with Gasteiger partial charge < -0.3 is 20.1 Å². The number of carbonyl (C=O) groups is 1. The van der Waals surface area contributed by atoms with Crippen molar-refractivity contribution in [1.82, 2.24) is 0 Å². The maximum Gasteiger partial charge on any atom is 0.341 e. The van der Waals surface area contributed by atoms with Gasteiger partial charge in [-0.25, -0.2) is 4.79 Å². The van der Waals surface area contributed by atoms with E-state index in [1.54, 1.807) is 0 Å². The molecular formula is C21H26N2O3S2. The number of rotatable bonds is 3. The molecule has 1 aliphatic heterocycles. The number of thiophene rings is 1. The van der Waals surface area contributed by atoms with Gasteiger partial charge in [-0.3, -0.25) is 0 Å². The summed E-state index contributed by atoms with van der Waals surface area (Å²) in [5.41, 5.74) is 1.52. The van der Waals surface area contributed by atoms with Crippen molar-refractivity contribution in [3.8, 4) is 0 Å². The highest BCUT2D eigenvalue weighted by Crippen LogP contribution is 2.41. The Morgan fingerprint density at radius 2 is 1.89 bits per heavy atom. The molecule has 2 heterocycles. The third-order valence-electron chi connectivity index (χ3n) is 4.15. The summed E-state index contributed by atoms with van der Waals surface area (Å²) in [6.45, 7) is 10.1. The lowest BCUT2D eigenvalue weighted by molar-refractivity contribution is -0.0386. The monoisotopic (exact) mass is 418 g/mol. The number of carbonyl (C=O) groups excluding carboxylic acids is 1. The summed E-state index contributed by atoms with van der Waals surface area (Å²) in [6.07, 6.45) is 0.647. The van der Waals surface area contributed by atoms with E-state index in [1.807, 2.05) is 65.0 Å². The molecule has 0 amide bonds. The van der Waals surface area contributed by atoms with E-state index in [0.717, 1.165) is 16.1 Å². The number of hydrogen-bond donors (Lipinski definition) is 2. The maximum absolute atomic E-state index is 13.0. The van der Waals surface area contributed by atoms with Crippen molar-refractivity contribution in [3.05, 3.63) is 46.3 Å². The van der Waals surface area contributed by atoms with E-state index in [4.69, 9.17) is 21.7 Å². The molecule has 3 rings (SSSR count). The van der Waals surface area contributed by atoms with Crippen LogP contribution >= 0.6 is 23.6 Å². The van der Waals surface area contributed by atoms with E-state index >= 15 is 0 Å². The molecule has 150 valence electrons. The Bertz CT molecular complexity index is 883. The van der Waals surface area contributed by atoms with Gasteiger partial charge in [-0.1, -0.05) is 18.2 Å². The summed E-state index contributed by atoms with van der Waals surface area (Å²) in [5, 5.41) is 7.45. The number of nitrogens with one attached hydrogen (secondary N) is 2. The molecule has 0 fully saturated rings. The van der Waals surface area contributed by atoms with E-state index in [0.29, 0.717) is 28.7 Å². The van der Waals surface area contributed by atoms with E-state index in [2.05, 4.69) is 10.6 Å². The van der Waals surface area contributed by atoms with Crippen molar-refractivity contribution in [2.24, 2.45) is 0 Å². The van der Waals surface area contributed by atoms with Gasteiger partial charge in [0.1, 0.15) is 10.6 Å². The van der Waals surface area contributed by atoms with Crippen molar-refractivity contribution in [3.63, 3.8) is 0 Å². The molecule has 0 radical (unpaired) electrons. The lowest BCUT2D eigenvalue weighted by Gasteiger charge is -2.30. The van der Waals surface area contributed by atoms with Gasteiger partial charge in [0.15, 0.2) is 5.11 Å². The van der Waals surface area contributed by atoms with Crippen LogP contribution in [-0.2, 0) is 22.5 Å². The summed E-state index contributed by atoms with van der Waals surface area (Å²) >= 11 is 6.95. The second kappa shape index (κ2) is 7.81. The molecule has 2 aromatic rings. The normalized spacial score (nSPS) is 15.5. The van der Waals surface area contributed by atoms with Crippen molar-refractivity contribution < 1.29 is 14.3 Å². The highest BCUT2D eigenvalue weighted by atomic mass is 32.1.